The third-order valence-electron chi connectivity index (χ3n) is 7.53. The van der Waals surface area contributed by atoms with E-state index in [1.54, 1.807) is 6.07 Å². The van der Waals surface area contributed by atoms with Crippen molar-refractivity contribution in [2.24, 2.45) is 11.8 Å². The molecular formula is C39H41FIrN2OSi-2. The minimum atomic E-state index is -1.34. The Kier molecular flexibility index (Phi) is 11.3. The van der Waals surface area contributed by atoms with Gasteiger partial charge in [0.2, 0.25) is 0 Å². The van der Waals surface area contributed by atoms with Crippen molar-refractivity contribution in [3.63, 3.8) is 0 Å². The Bertz CT molecular complexity index is 1880. The fourth-order valence-corrected chi connectivity index (χ4v) is 7.19. The molecule has 0 fully saturated rings. The molecule has 3 aromatic heterocycles. The number of halogens is 1. The van der Waals surface area contributed by atoms with E-state index in [4.69, 9.17) is 4.42 Å². The maximum atomic E-state index is 13.5. The van der Waals surface area contributed by atoms with E-state index in [9.17, 15) is 4.39 Å². The predicted molar refractivity (Wildman–Crippen MR) is 184 cm³/mol. The van der Waals surface area contributed by atoms with Crippen LogP contribution in [0.4, 0.5) is 4.39 Å². The molecule has 6 heteroatoms. The van der Waals surface area contributed by atoms with E-state index in [0.29, 0.717) is 23.0 Å². The maximum absolute atomic E-state index is 13.5. The molecule has 0 bridgehead atoms. The van der Waals surface area contributed by atoms with Crippen molar-refractivity contribution in [1.82, 2.24) is 9.97 Å². The van der Waals surface area contributed by atoms with E-state index < -0.39 is 8.07 Å². The summed E-state index contributed by atoms with van der Waals surface area (Å²) in [6, 6.07) is 29.4. The molecule has 235 valence electrons. The number of rotatable bonds is 7. The summed E-state index contributed by atoms with van der Waals surface area (Å²) in [6.07, 6.45) is 6.06. The minimum Gasteiger partial charge on any atom is -0.500 e. The van der Waals surface area contributed by atoms with Gasteiger partial charge in [-0.1, -0.05) is 81.5 Å². The second-order valence-corrected chi connectivity index (χ2v) is 18.4. The standard InChI is InChI=1S/C21H17FNO.C18H24NSi.Ir/c1-13(2)10-14-8-9-23-19(11-14)18-5-3-4-17-16-7-6-15(22)12-20(16)24-21(17)18;1-14(2)11-16-12-17(15-9-7-6-8-10-15)19-13-18(16)20(3,4)5;/h3-4,6-9,11-13H,10H2,1-2H3;6-9,12-14H,11H2,1-5H3;/q2*-1;. The van der Waals surface area contributed by atoms with Crippen LogP contribution in [-0.4, -0.2) is 18.0 Å². The van der Waals surface area contributed by atoms with E-state index in [2.05, 4.69) is 93.8 Å². The summed E-state index contributed by atoms with van der Waals surface area (Å²) >= 11 is 0. The van der Waals surface area contributed by atoms with E-state index in [-0.39, 0.29) is 25.9 Å². The number of furan rings is 1. The average Bonchev–Trinajstić information content (AvgIpc) is 3.34. The number of benzene rings is 3. The van der Waals surface area contributed by atoms with Gasteiger partial charge in [-0.25, -0.2) is 4.39 Å². The molecule has 0 atom stereocenters. The zero-order valence-electron chi connectivity index (χ0n) is 27.2. The van der Waals surface area contributed by atoms with Crippen molar-refractivity contribution < 1.29 is 28.9 Å². The van der Waals surface area contributed by atoms with Gasteiger partial charge in [0, 0.05) is 44.0 Å². The van der Waals surface area contributed by atoms with Crippen LogP contribution in [0.15, 0.2) is 89.6 Å². The van der Waals surface area contributed by atoms with Crippen molar-refractivity contribution in [1.29, 1.82) is 0 Å². The number of hydrogen-bond acceptors (Lipinski definition) is 3. The second-order valence-electron chi connectivity index (χ2n) is 13.3. The third-order valence-corrected chi connectivity index (χ3v) is 9.60. The summed E-state index contributed by atoms with van der Waals surface area (Å²) in [6.45, 7) is 16.1. The fourth-order valence-electron chi connectivity index (χ4n) is 5.60. The molecule has 3 heterocycles. The van der Waals surface area contributed by atoms with Crippen molar-refractivity contribution in [2.75, 3.05) is 0 Å². The van der Waals surface area contributed by atoms with Crippen LogP contribution in [0, 0.1) is 29.8 Å². The third kappa shape index (κ3) is 8.43. The van der Waals surface area contributed by atoms with Gasteiger partial charge in [0.25, 0.3) is 0 Å². The summed E-state index contributed by atoms with van der Waals surface area (Å²) in [5.41, 5.74) is 7.73. The molecule has 0 spiro atoms. The molecule has 3 aromatic carbocycles. The van der Waals surface area contributed by atoms with E-state index >= 15 is 0 Å². The summed E-state index contributed by atoms with van der Waals surface area (Å²) in [7, 11) is -1.34. The van der Waals surface area contributed by atoms with Crippen molar-refractivity contribution in [3.8, 4) is 22.5 Å². The monoisotopic (exact) mass is 793 g/mol. The van der Waals surface area contributed by atoms with Crippen molar-refractivity contribution >= 4 is 35.2 Å². The van der Waals surface area contributed by atoms with E-state index in [1.807, 2.05) is 42.6 Å². The molecule has 0 aliphatic carbocycles. The van der Waals surface area contributed by atoms with Gasteiger partial charge in [0.15, 0.2) is 0 Å². The molecule has 0 amide bonds. The molecular weight excluding hydrogens is 752 g/mol. The molecule has 6 aromatic rings. The first-order chi connectivity index (χ1) is 21.0. The van der Waals surface area contributed by atoms with Gasteiger partial charge in [0.05, 0.1) is 13.7 Å². The topological polar surface area (TPSA) is 38.9 Å². The minimum absolute atomic E-state index is 0. The quantitative estimate of drug-likeness (QED) is 0.119. The van der Waals surface area contributed by atoms with Crippen LogP contribution in [0.3, 0.4) is 0 Å². The van der Waals surface area contributed by atoms with Crippen molar-refractivity contribution in [3.05, 3.63) is 114 Å². The molecule has 0 saturated heterocycles. The number of hydrogen-bond donors (Lipinski definition) is 0. The van der Waals surface area contributed by atoms with Crippen LogP contribution in [0.1, 0.15) is 38.8 Å². The smallest absolute Gasteiger partial charge is 0.126 e. The van der Waals surface area contributed by atoms with E-state index in [1.165, 1.54) is 28.4 Å². The SMILES string of the molecule is CC(C)Cc1cc(-c2[c-]cccc2)ncc1[Si](C)(C)C.CC(C)Cc1ccnc(-c2[c-]ccc3c2oc2cc(F)ccc23)c1.[Ir]. The Morgan fingerprint density at radius 3 is 2.27 bits per heavy atom. The Morgan fingerprint density at radius 1 is 0.800 bits per heavy atom. The first-order valence-corrected chi connectivity index (χ1v) is 18.9. The first-order valence-electron chi connectivity index (χ1n) is 15.4. The first kappa shape index (κ1) is 34.4. The molecule has 0 aliphatic rings. The van der Waals surface area contributed by atoms with Crippen LogP contribution in [0.25, 0.3) is 44.5 Å². The summed E-state index contributed by atoms with van der Waals surface area (Å²) < 4.78 is 19.4. The molecule has 0 unspecified atom stereocenters. The average molecular weight is 793 g/mol. The molecule has 3 nitrogen and oxygen atoms in total. The van der Waals surface area contributed by atoms with Crippen molar-refractivity contribution in [2.45, 2.75) is 60.2 Å². The molecule has 0 N–H and O–H groups in total. The van der Waals surface area contributed by atoms with Crippen LogP contribution in [0.2, 0.25) is 19.6 Å². The number of aromatic nitrogens is 2. The zero-order valence-corrected chi connectivity index (χ0v) is 30.6. The number of nitrogens with zero attached hydrogens (tertiary/aromatic N) is 2. The fraction of sp³-hybridized carbons (Fsp3) is 0.282. The normalized spacial score (nSPS) is 11.5. The van der Waals surface area contributed by atoms with Gasteiger partial charge in [0.1, 0.15) is 11.4 Å². The second kappa shape index (κ2) is 14.8. The summed E-state index contributed by atoms with van der Waals surface area (Å²) in [4.78, 5) is 9.18. The molecule has 0 aliphatic heterocycles. The van der Waals surface area contributed by atoms with Gasteiger partial charge in [-0.2, -0.15) is 0 Å². The van der Waals surface area contributed by atoms with Crippen LogP contribution in [0.5, 0.6) is 0 Å². The molecule has 6 rings (SSSR count). The van der Waals surface area contributed by atoms with Gasteiger partial charge >= 0.3 is 0 Å². The maximum Gasteiger partial charge on any atom is 0.126 e. The Morgan fingerprint density at radius 2 is 1.58 bits per heavy atom. The van der Waals surface area contributed by atoms with Crippen LogP contribution >= 0.6 is 0 Å². The zero-order chi connectivity index (χ0) is 31.4. The Balaban J connectivity index is 0.000000204. The molecule has 1 radical (unpaired) electrons. The molecule has 45 heavy (non-hydrogen) atoms. The number of fused-ring (bicyclic) bond motifs is 3. The summed E-state index contributed by atoms with van der Waals surface area (Å²) in [5.74, 6) is 0.943. The van der Waals surface area contributed by atoms with E-state index in [0.717, 1.165) is 46.1 Å². The van der Waals surface area contributed by atoms with Gasteiger partial charge in [-0.3, -0.25) is 0 Å². The predicted octanol–water partition coefficient (Wildman–Crippen LogP) is 10.1. The van der Waals surface area contributed by atoms with Gasteiger partial charge in [-0.05, 0) is 59.5 Å². The Hall–Kier alpha value is -3.44. The van der Waals surface area contributed by atoms with Crippen LogP contribution < -0.4 is 5.19 Å². The number of pyridine rings is 2. The van der Waals surface area contributed by atoms with Gasteiger partial charge < -0.3 is 14.4 Å². The Labute approximate surface area is 281 Å². The molecule has 0 saturated carbocycles. The van der Waals surface area contributed by atoms with Gasteiger partial charge in [-0.15, -0.1) is 54.1 Å². The summed E-state index contributed by atoms with van der Waals surface area (Å²) in [5, 5.41) is 3.35. The largest absolute Gasteiger partial charge is 0.500 e. The van der Waals surface area contributed by atoms with Crippen LogP contribution in [-0.2, 0) is 32.9 Å².